The van der Waals surface area contributed by atoms with Gasteiger partial charge in [-0.25, -0.2) is 8.42 Å². The second kappa shape index (κ2) is 9.30. The maximum absolute atomic E-state index is 12.7. The van der Waals surface area contributed by atoms with Gasteiger partial charge in [0.05, 0.1) is 4.90 Å². The number of hydrogen-bond acceptors (Lipinski definition) is 5. The van der Waals surface area contributed by atoms with Gasteiger partial charge < -0.3 is 14.4 Å². The van der Waals surface area contributed by atoms with Gasteiger partial charge in [0.25, 0.3) is 5.56 Å². The van der Waals surface area contributed by atoms with Gasteiger partial charge >= 0.3 is 0 Å². The summed E-state index contributed by atoms with van der Waals surface area (Å²) in [6.07, 6.45) is 1.23. The van der Waals surface area contributed by atoms with Gasteiger partial charge in [0, 0.05) is 56.9 Å². The fourth-order valence-electron chi connectivity index (χ4n) is 3.38. The third-order valence-electron chi connectivity index (χ3n) is 5.17. The number of nitrogens with zero attached hydrogens (tertiary/aromatic N) is 4. The first-order valence-corrected chi connectivity index (χ1v) is 11.6. The molecule has 9 nitrogen and oxygen atoms in total. The predicted octanol–water partition coefficient (Wildman–Crippen LogP) is 0.596. The summed E-state index contributed by atoms with van der Waals surface area (Å²) in [4.78, 5) is 40.6. The Kier molecular flexibility index (Phi) is 7.46. The highest BCUT2D eigenvalue weighted by molar-refractivity contribution is 7.89. The molecule has 2 rings (SSSR count). The molecule has 168 valence electrons. The highest BCUT2D eigenvalue weighted by atomic mass is 32.2. The number of carbonyl (C=O) groups is 2. The SMILES string of the molecule is CCN(CC)S(=O)(=O)c1ccc(=O)n(CC(=O)N2CCN(C(=O)C(C)(C)C)CC2)c1. The summed E-state index contributed by atoms with van der Waals surface area (Å²) in [5.41, 5.74) is -0.917. The molecule has 1 aromatic heterocycles. The van der Waals surface area contributed by atoms with E-state index in [1.54, 1.807) is 23.6 Å². The van der Waals surface area contributed by atoms with E-state index in [1.807, 2.05) is 20.8 Å². The van der Waals surface area contributed by atoms with E-state index in [1.165, 1.54) is 22.6 Å². The molecular weight excluding hydrogens is 408 g/mol. The van der Waals surface area contributed by atoms with Crippen LogP contribution in [0.1, 0.15) is 34.6 Å². The molecule has 1 aliphatic heterocycles. The lowest BCUT2D eigenvalue weighted by Crippen LogP contribution is -2.53. The van der Waals surface area contributed by atoms with E-state index < -0.39 is 21.0 Å². The molecule has 0 bridgehead atoms. The molecule has 0 spiro atoms. The molecule has 0 atom stereocenters. The van der Waals surface area contributed by atoms with Crippen molar-refractivity contribution in [3.63, 3.8) is 0 Å². The van der Waals surface area contributed by atoms with Crippen LogP contribution in [0.5, 0.6) is 0 Å². The zero-order valence-corrected chi connectivity index (χ0v) is 19.2. The smallest absolute Gasteiger partial charge is 0.251 e. The average Bonchev–Trinajstić information content (AvgIpc) is 2.69. The Morgan fingerprint density at radius 2 is 1.53 bits per heavy atom. The number of sulfonamides is 1. The molecule has 0 radical (unpaired) electrons. The molecule has 10 heteroatoms. The minimum atomic E-state index is -3.73. The van der Waals surface area contributed by atoms with Crippen molar-refractivity contribution in [2.75, 3.05) is 39.3 Å². The summed E-state index contributed by atoms with van der Waals surface area (Å²) < 4.78 is 27.8. The van der Waals surface area contributed by atoms with Crippen molar-refractivity contribution in [1.29, 1.82) is 0 Å². The average molecular weight is 441 g/mol. The van der Waals surface area contributed by atoms with Gasteiger partial charge in [-0.15, -0.1) is 0 Å². The first-order chi connectivity index (χ1) is 13.9. The third-order valence-corrected chi connectivity index (χ3v) is 7.20. The molecule has 1 saturated heterocycles. The number of pyridine rings is 1. The van der Waals surface area contributed by atoms with Crippen LogP contribution in [0.15, 0.2) is 28.0 Å². The van der Waals surface area contributed by atoms with E-state index in [0.29, 0.717) is 39.3 Å². The van der Waals surface area contributed by atoms with E-state index in [0.717, 1.165) is 4.57 Å². The van der Waals surface area contributed by atoms with Gasteiger partial charge in [0.15, 0.2) is 0 Å². The minimum absolute atomic E-state index is 0.0146. The molecule has 1 fully saturated rings. The normalized spacial score (nSPS) is 15.5. The molecule has 0 N–H and O–H groups in total. The summed E-state index contributed by atoms with van der Waals surface area (Å²) >= 11 is 0. The lowest BCUT2D eigenvalue weighted by Gasteiger charge is -2.37. The number of carbonyl (C=O) groups excluding carboxylic acids is 2. The van der Waals surface area contributed by atoms with Crippen molar-refractivity contribution in [2.24, 2.45) is 5.41 Å². The van der Waals surface area contributed by atoms with Crippen molar-refractivity contribution in [2.45, 2.75) is 46.1 Å². The topological polar surface area (TPSA) is 100 Å². The number of amides is 2. The van der Waals surface area contributed by atoms with Crippen molar-refractivity contribution < 1.29 is 18.0 Å². The van der Waals surface area contributed by atoms with Crippen LogP contribution in [0.4, 0.5) is 0 Å². The lowest BCUT2D eigenvalue weighted by molar-refractivity contribution is -0.145. The summed E-state index contributed by atoms with van der Waals surface area (Å²) in [7, 11) is -3.73. The minimum Gasteiger partial charge on any atom is -0.339 e. The van der Waals surface area contributed by atoms with E-state index in [-0.39, 0.29) is 23.3 Å². The fraction of sp³-hybridized carbons (Fsp3) is 0.650. The molecule has 0 aromatic carbocycles. The zero-order chi connectivity index (χ0) is 22.7. The first-order valence-electron chi connectivity index (χ1n) is 10.2. The van der Waals surface area contributed by atoms with Gasteiger partial charge in [0.1, 0.15) is 6.54 Å². The van der Waals surface area contributed by atoms with Crippen molar-refractivity contribution in [1.82, 2.24) is 18.7 Å². The Balaban J connectivity index is 2.11. The van der Waals surface area contributed by atoms with Gasteiger partial charge in [-0.1, -0.05) is 34.6 Å². The van der Waals surface area contributed by atoms with Crippen LogP contribution >= 0.6 is 0 Å². The van der Waals surface area contributed by atoms with E-state index >= 15 is 0 Å². The Labute approximate surface area is 178 Å². The Hall–Kier alpha value is -2.20. The van der Waals surface area contributed by atoms with Gasteiger partial charge in [-0.2, -0.15) is 4.31 Å². The Morgan fingerprint density at radius 3 is 2.03 bits per heavy atom. The first kappa shape index (κ1) is 24.1. The van der Waals surface area contributed by atoms with Crippen molar-refractivity contribution in [3.8, 4) is 0 Å². The number of piperazine rings is 1. The van der Waals surface area contributed by atoms with Gasteiger partial charge in [-0.3, -0.25) is 14.4 Å². The molecule has 2 heterocycles. The molecule has 2 amide bonds. The van der Waals surface area contributed by atoms with E-state index in [4.69, 9.17) is 0 Å². The zero-order valence-electron chi connectivity index (χ0n) is 18.4. The van der Waals surface area contributed by atoms with Crippen molar-refractivity contribution in [3.05, 3.63) is 28.7 Å². The summed E-state index contributed by atoms with van der Waals surface area (Å²) in [5, 5.41) is 0. The number of hydrogen-bond donors (Lipinski definition) is 0. The Bertz CT molecular complexity index is 937. The van der Waals surface area contributed by atoms with Crippen molar-refractivity contribution >= 4 is 21.8 Å². The van der Waals surface area contributed by atoms with Crippen LogP contribution in [0, 0.1) is 5.41 Å². The molecule has 0 saturated carbocycles. The third kappa shape index (κ3) is 5.28. The number of aromatic nitrogens is 1. The molecule has 1 aromatic rings. The molecular formula is C20H32N4O5S. The van der Waals surface area contributed by atoms with Crippen LogP contribution in [0.3, 0.4) is 0 Å². The summed E-state index contributed by atoms with van der Waals surface area (Å²) in [6.45, 7) is 11.1. The van der Waals surface area contributed by atoms with Gasteiger partial charge in [-0.05, 0) is 6.07 Å². The largest absolute Gasteiger partial charge is 0.339 e. The lowest BCUT2D eigenvalue weighted by atomic mass is 9.94. The fourth-order valence-corrected chi connectivity index (χ4v) is 4.86. The second-order valence-electron chi connectivity index (χ2n) is 8.34. The predicted molar refractivity (Wildman–Crippen MR) is 113 cm³/mol. The highest BCUT2D eigenvalue weighted by Gasteiger charge is 2.31. The quantitative estimate of drug-likeness (QED) is 0.645. The van der Waals surface area contributed by atoms with Crippen LogP contribution in [-0.4, -0.2) is 78.2 Å². The molecule has 1 aliphatic rings. The Morgan fingerprint density at radius 1 is 1.00 bits per heavy atom. The second-order valence-corrected chi connectivity index (χ2v) is 10.3. The summed E-state index contributed by atoms with van der Waals surface area (Å²) in [6, 6.07) is 2.44. The molecule has 0 aliphatic carbocycles. The maximum atomic E-state index is 12.7. The maximum Gasteiger partial charge on any atom is 0.251 e. The standard InChI is InChI=1S/C20H32N4O5S/c1-6-24(7-2)30(28,29)16-8-9-17(25)23(14-16)15-18(26)21-10-12-22(13-11-21)19(27)20(3,4)5/h8-9,14H,6-7,10-13,15H2,1-5H3. The van der Waals surface area contributed by atoms with E-state index in [9.17, 15) is 22.8 Å². The highest BCUT2D eigenvalue weighted by Crippen LogP contribution is 2.19. The van der Waals surface area contributed by atoms with Crippen LogP contribution in [0.25, 0.3) is 0 Å². The molecule has 0 unspecified atom stereocenters. The monoisotopic (exact) mass is 440 g/mol. The summed E-state index contributed by atoms with van der Waals surface area (Å²) in [5.74, 6) is -0.238. The van der Waals surface area contributed by atoms with Gasteiger partial charge in [0.2, 0.25) is 21.8 Å². The van der Waals surface area contributed by atoms with Crippen LogP contribution in [0.2, 0.25) is 0 Å². The van der Waals surface area contributed by atoms with Crippen LogP contribution in [-0.2, 0) is 26.2 Å². The number of rotatable bonds is 6. The molecule has 30 heavy (non-hydrogen) atoms. The van der Waals surface area contributed by atoms with E-state index in [2.05, 4.69) is 0 Å². The van der Waals surface area contributed by atoms with Crippen LogP contribution < -0.4 is 5.56 Å².